The number of halogens is 1. The number of nitrogens with one attached hydrogen (secondary N) is 1. The molecule has 0 heterocycles. The second-order valence-corrected chi connectivity index (χ2v) is 6.48. The molecule has 2 amide bonds. The minimum Gasteiger partial charge on any atom is -0.454 e. The van der Waals surface area contributed by atoms with Gasteiger partial charge in [0.2, 0.25) is 0 Å². The number of benzene rings is 2. The zero-order valence-electron chi connectivity index (χ0n) is 15.1. The van der Waals surface area contributed by atoms with Crippen LogP contribution in [0.25, 0.3) is 0 Å². The SMILES string of the molecule is C[C@H](NC(=O)c1ccc(Cl)cc1)C(=O)OCC(=O)N(C)Cc1ccccc1. The Morgan fingerprint density at radius 2 is 1.70 bits per heavy atom. The molecule has 2 aromatic rings. The molecule has 2 rings (SSSR count). The van der Waals surface area contributed by atoms with Gasteiger partial charge in [-0.25, -0.2) is 4.79 Å². The molecule has 0 aliphatic carbocycles. The normalized spacial score (nSPS) is 11.4. The topological polar surface area (TPSA) is 75.7 Å². The van der Waals surface area contributed by atoms with Crippen LogP contribution in [0.5, 0.6) is 0 Å². The first-order valence-corrected chi connectivity index (χ1v) is 8.75. The van der Waals surface area contributed by atoms with Crippen molar-refractivity contribution in [2.24, 2.45) is 0 Å². The number of esters is 1. The summed E-state index contributed by atoms with van der Waals surface area (Å²) in [5.41, 5.74) is 1.35. The number of carbonyl (C=O) groups excluding carboxylic acids is 3. The minimum absolute atomic E-state index is 0.330. The van der Waals surface area contributed by atoms with Gasteiger partial charge in [-0.15, -0.1) is 0 Å². The van der Waals surface area contributed by atoms with Crippen molar-refractivity contribution in [1.82, 2.24) is 10.2 Å². The number of carbonyl (C=O) groups is 3. The van der Waals surface area contributed by atoms with Crippen LogP contribution in [-0.4, -0.2) is 42.4 Å². The van der Waals surface area contributed by atoms with Crippen LogP contribution in [0.4, 0.5) is 0 Å². The van der Waals surface area contributed by atoms with Crippen molar-refractivity contribution >= 4 is 29.4 Å². The van der Waals surface area contributed by atoms with Gasteiger partial charge in [0.25, 0.3) is 11.8 Å². The summed E-state index contributed by atoms with van der Waals surface area (Å²) in [6.45, 7) is 1.53. The van der Waals surface area contributed by atoms with E-state index in [1.807, 2.05) is 30.3 Å². The standard InChI is InChI=1S/C20H21ClN2O4/c1-14(22-19(25)16-8-10-17(21)11-9-16)20(26)27-13-18(24)23(2)12-15-6-4-3-5-7-15/h3-11,14H,12-13H2,1-2H3,(H,22,25)/t14-/m0/s1. The first-order valence-electron chi connectivity index (χ1n) is 8.38. The number of rotatable bonds is 7. The molecule has 2 aromatic carbocycles. The number of hydrogen-bond acceptors (Lipinski definition) is 4. The van der Waals surface area contributed by atoms with Crippen LogP contribution in [0.2, 0.25) is 5.02 Å². The van der Waals surface area contributed by atoms with Crippen molar-refractivity contribution < 1.29 is 19.1 Å². The number of amides is 2. The maximum Gasteiger partial charge on any atom is 0.328 e. The van der Waals surface area contributed by atoms with E-state index in [0.717, 1.165) is 5.56 Å². The highest BCUT2D eigenvalue weighted by atomic mass is 35.5. The van der Waals surface area contributed by atoms with Crippen molar-refractivity contribution in [3.05, 3.63) is 70.7 Å². The van der Waals surface area contributed by atoms with Gasteiger partial charge in [-0.2, -0.15) is 0 Å². The number of nitrogens with zero attached hydrogens (tertiary/aromatic N) is 1. The van der Waals surface area contributed by atoms with Gasteiger partial charge < -0.3 is 15.0 Å². The Kier molecular flexibility index (Phi) is 7.37. The molecular formula is C20H21ClN2O4. The molecule has 142 valence electrons. The molecule has 0 radical (unpaired) electrons. The first-order chi connectivity index (χ1) is 12.9. The average molecular weight is 389 g/mol. The molecule has 7 heteroatoms. The second kappa shape index (κ2) is 9.73. The number of ether oxygens (including phenoxy) is 1. The van der Waals surface area contributed by atoms with E-state index in [4.69, 9.17) is 16.3 Å². The lowest BCUT2D eigenvalue weighted by Gasteiger charge is -2.18. The predicted molar refractivity (Wildman–Crippen MR) is 102 cm³/mol. The van der Waals surface area contributed by atoms with Crippen molar-refractivity contribution in [1.29, 1.82) is 0 Å². The molecule has 0 bridgehead atoms. The highest BCUT2D eigenvalue weighted by Crippen LogP contribution is 2.09. The predicted octanol–water partition coefficient (Wildman–Crippen LogP) is 2.66. The maximum absolute atomic E-state index is 12.1. The van der Waals surface area contributed by atoms with Gasteiger partial charge in [0.1, 0.15) is 6.04 Å². The fourth-order valence-electron chi connectivity index (χ4n) is 2.25. The van der Waals surface area contributed by atoms with Crippen LogP contribution >= 0.6 is 11.6 Å². The Balaban J connectivity index is 1.79. The zero-order chi connectivity index (χ0) is 19.8. The molecule has 27 heavy (non-hydrogen) atoms. The molecule has 0 aromatic heterocycles. The Bertz CT molecular complexity index is 793. The largest absolute Gasteiger partial charge is 0.454 e. The minimum atomic E-state index is -0.889. The third-order valence-corrected chi connectivity index (χ3v) is 4.09. The van der Waals surface area contributed by atoms with E-state index in [0.29, 0.717) is 17.1 Å². The van der Waals surface area contributed by atoms with Gasteiger partial charge in [0, 0.05) is 24.2 Å². The smallest absolute Gasteiger partial charge is 0.328 e. The molecule has 0 saturated carbocycles. The fourth-order valence-corrected chi connectivity index (χ4v) is 2.38. The van der Waals surface area contributed by atoms with Crippen molar-refractivity contribution in [2.75, 3.05) is 13.7 Å². The summed E-state index contributed by atoms with van der Waals surface area (Å²) in [6.07, 6.45) is 0. The molecule has 0 unspecified atom stereocenters. The summed E-state index contributed by atoms with van der Waals surface area (Å²) in [5.74, 6) is -1.44. The lowest BCUT2D eigenvalue weighted by atomic mass is 10.2. The van der Waals surface area contributed by atoms with Crippen molar-refractivity contribution in [2.45, 2.75) is 19.5 Å². The van der Waals surface area contributed by atoms with Crippen LogP contribution < -0.4 is 5.32 Å². The van der Waals surface area contributed by atoms with Gasteiger partial charge in [-0.1, -0.05) is 41.9 Å². The summed E-state index contributed by atoms with van der Waals surface area (Å²) in [6, 6.07) is 14.9. The monoisotopic (exact) mass is 388 g/mol. The second-order valence-electron chi connectivity index (χ2n) is 6.05. The molecule has 1 atom stereocenters. The van der Waals surface area contributed by atoms with Gasteiger partial charge in [-0.3, -0.25) is 9.59 Å². The Labute approximate surface area is 163 Å². The molecular weight excluding hydrogens is 368 g/mol. The van der Waals surface area contributed by atoms with Gasteiger partial charge in [-0.05, 0) is 36.8 Å². The quantitative estimate of drug-likeness (QED) is 0.740. The molecule has 0 fully saturated rings. The van der Waals surface area contributed by atoms with Gasteiger partial charge in [0.15, 0.2) is 6.61 Å². The van der Waals surface area contributed by atoms with E-state index in [1.54, 1.807) is 31.3 Å². The highest BCUT2D eigenvalue weighted by molar-refractivity contribution is 6.30. The fraction of sp³-hybridized carbons (Fsp3) is 0.250. The van der Waals surface area contributed by atoms with Gasteiger partial charge in [0.05, 0.1) is 0 Å². The lowest BCUT2D eigenvalue weighted by Crippen LogP contribution is -2.41. The third kappa shape index (κ3) is 6.42. The van der Waals surface area contributed by atoms with Crippen LogP contribution in [-0.2, 0) is 20.9 Å². The Morgan fingerprint density at radius 3 is 2.33 bits per heavy atom. The van der Waals surface area contributed by atoms with Crippen LogP contribution in [0.15, 0.2) is 54.6 Å². The first kappa shape index (κ1) is 20.5. The molecule has 0 spiro atoms. The molecule has 0 aliphatic rings. The Morgan fingerprint density at radius 1 is 1.07 bits per heavy atom. The highest BCUT2D eigenvalue weighted by Gasteiger charge is 2.20. The van der Waals surface area contributed by atoms with Crippen molar-refractivity contribution in [3.8, 4) is 0 Å². The molecule has 1 N–H and O–H groups in total. The summed E-state index contributed by atoms with van der Waals surface area (Å²) >= 11 is 5.78. The summed E-state index contributed by atoms with van der Waals surface area (Å²) < 4.78 is 5.01. The van der Waals surface area contributed by atoms with E-state index >= 15 is 0 Å². The maximum atomic E-state index is 12.1. The van der Waals surface area contributed by atoms with E-state index in [1.165, 1.54) is 11.8 Å². The number of likely N-dealkylation sites (N-methyl/N-ethyl adjacent to an activating group) is 1. The third-order valence-electron chi connectivity index (χ3n) is 3.83. The Hall–Kier alpha value is -2.86. The number of hydrogen-bond donors (Lipinski definition) is 1. The van der Waals surface area contributed by atoms with E-state index in [-0.39, 0.29) is 12.5 Å². The summed E-state index contributed by atoms with van der Waals surface area (Å²) in [7, 11) is 1.63. The van der Waals surface area contributed by atoms with Crippen LogP contribution in [0.1, 0.15) is 22.8 Å². The van der Waals surface area contributed by atoms with Gasteiger partial charge >= 0.3 is 5.97 Å². The molecule has 6 nitrogen and oxygen atoms in total. The molecule has 0 aliphatic heterocycles. The lowest BCUT2D eigenvalue weighted by molar-refractivity contribution is -0.153. The summed E-state index contributed by atoms with van der Waals surface area (Å²) in [4.78, 5) is 37.7. The average Bonchev–Trinajstić information content (AvgIpc) is 2.66. The zero-order valence-corrected chi connectivity index (χ0v) is 15.9. The van der Waals surface area contributed by atoms with Crippen LogP contribution in [0, 0.1) is 0 Å². The van der Waals surface area contributed by atoms with Crippen molar-refractivity contribution in [3.63, 3.8) is 0 Å². The molecule has 0 saturated heterocycles. The summed E-state index contributed by atoms with van der Waals surface area (Å²) in [5, 5.41) is 3.04. The van der Waals surface area contributed by atoms with Crippen LogP contribution in [0.3, 0.4) is 0 Å². The van der Waals surface area contributed by atoms with E-state index in [9.17, 15) is 14.4 Å². The van der Waals surface area contributed by atoms with E-state index in [2.05, 4.69) is 5.32 Å². The van der Waals surface area contributed by atoms with E-state index < -0.39 is 17.9 Å².